The van der Waals surface area contributed by atoms with E-state index in [1.165, 1.54) is 18.5 Å². The van der Waals surface area contributed by atoms with Gasteiger partial charge in [-0.2, -0.15) is 0 Å². The van der Waals surface area contributed by atoms with Crippen LogP contribution in [-0.4, -0.2) is 47.2 Å². The molecule has 1 aromatic heterocycles. The number of nitrogens with zero attached hydrogens (tertiary/aromatic N) is 4. The van der Waals surface area contributed by atoms with Crippen LogP contribution in [0.25, 0.3) is 0 Å². The molecule has 0 atom stereocenters. The molecule has 3 rings (SSSR count). The molecule has 1 aliphatic heterocycles. The molecule has 8 heteroatoms. The number of carboxylic acids is 1. The maximum atomic E-state index is 13.4. The zero-order chi connectivity index (χ0) is 17.1. The summed E-state index contributed by atoms with van der Waals surface area (Å²) in [6.45, 7) is 2.68. The van der Waals surface area contributed by atoms with Crippen molar-refractivity contribution in [1.29, 1.82) is 0 Å². The third kappa shape index (κ3) is 3.42. The van der Waals surface area contributed by atoms with Gasteiger partial charge in [-0.1, -0.05) is 0 Å². The second kappa shape index (κ2) is 6.77. The van der Waals surface area contributed by atoms with Gasteiger partial charge in [-0.15, -0.1) is 0 Å². The Kier molecular flexibility index (Phi) is 4.54. The number of carbonyl (C=O) groups is 1. The molecule has 0 spiro atoms. The Balaban J connectivity index is 1.70. The van der Waals surface area contributed by atoms with Crippen molar-refractivity contribution >= 4 is 17.5 Å². The van der Waals surface area contributed by atoms with Crippen LogP contribution < -0.4 is 9.80 Å². The fraction of sp³-hybridized carbons (Fsp3) is 0.312. The summed E-state index contributed by atoms with van der Waals surface area (Å²) in [5.74, 6) is -2.23. The second-order valence-corrected chi connectivity index (χ2v) is 5.49. The van der Waals surface area contributed by atoms with Crippen molar-refractivity contribution in [2.24, 2.45) is 0 Å². The number of hydrogen-bond acceptors (Lipinski definition) is 5. The molecule has 1 aromatic carbocycles. The number of halogens is 2. The summed E-state index contributed by atoms with van der Waals surface area (Å²) in [7, 11) is 0. The summed E-state index contributed by atoms with van der Waals surface area (Å²) in [6.07, 6.45) is 3.48. The van der Waals surface area contributed by atoms with Crippen molar-refractivity contribution in [3.8, 4) is 0 Å². The highest BCUT2D eigenvalue weighted by Gasteiger charge is 2.18. The molecule has 2 heterocycles. The van der Waals surface area contributed by atoms with Gasteiger partial charge in [0.25, 0.3) is 0 Å². The average Bonchev–Trinajstić information content (AvgIpc) is 2.83. The third-order valence-corrected chi connectivity index (χ3v) is 3.95. The highest BCUT2D eigenvalue weighted by Crippen LogP contribution is 2.21. The van der Waals surface area contributed by atoms with E-state index < -0.39 is 17.6 Å². The minimum atomic E-state index is -1.12. The Hall–Kier alpha value is -2.77. The van der Waals surface area contributed by atoms with Crippen molar-refractivity contribution in [2.75, 3.05) is 36.0 Å². The smallest absolute Gasteiger partial charge is 0.356 e. The van der Waals surface area contributed by atoms with Crippen LogP contribution >= 0.6 is 0 Å². The van der Waals surface area contributed by atoms with Crippen molar-refractivity contribution in [1.82, 2.24) is 9.97 Å². The van der Waals surface area contributed by atoms with Crippen LogP contribution in [-0.2, 0) is 0 Å². The molecule has 24 heavy (non-hydrogen) atoms. The molecule has 0 amide bonds. The van der Waals surface area contributed by atoms with E-state index in [1.807, 2.05) is 9.80 Å². The Morgan fingerprint density at radius 2 is 1.75 bits per heavy atom. The molecule has 126 valence electrons. The van der Waals surface area contributed by atoms with E-state index in [2.05, 4.69) is 9.97 Å². The molecule has 1 fully saturated rings. The number of anilines is 2. The lowest BCUT2D eigenvalue weighted by atomic mass is 10.2. The van der Waals surface area contributed by atoms with Gasteiger partial charge in [-0.25, -0.2) is 23.5 Å². The molecule has 1 saturated heterocycles. The number of rotatable bonds is 3. The Morgan fingerprint density at radius 3 is 2.42 bits per heavy atom. The van der Waals surface area contributed by atoms with Crippen LogP contribution in [0.5, 0.6) is 0 Å². The van der Waals surface area contributed by atoms with E-state index in [0.717, 1.165) is 19.0 Å². The van der Waals surface area contributed by atoms with Crippen LogP contribution in [0.3, 0.4) is 0 Å². The van der Waals surface area contributed by atoms with Gasteiger partial charge in [0.15, 0.2) is 17.3 Å². The van der Waals surface area contributed by atoms with Crippen LogP contribution in [0.4, 0.5) is 20.3 Å². The Morgan fingerprint density at radius 1 is 1.00 bits per heavy atom. The van der Waals surface area contributed by atoms with Crippen LogP contribution in [0, 0.1) is 11.6 Å². The maximum absolute atomic E-state index is 13.4. The fourth-order valence-electron chi connectivity index (χ4n) is 2.68. The lowest BCUT2D eigenvalue weighted by molar-refractivity contribution is 0.0690. The van der Waals surface area contributed by atoms with E-state index >= 15 is 0 Å². The van der Waals surface area contributed by atoms with Gasteiger partial charge >= 0.3 is 5.97 Å². The summed E-state index contributed by atoms with van der Waals surface area (Å²) in [6, 6.07) is 3.89. The number of aromatic carboxylic acids is 1. The van der Waals surface area contributed by atoms with Crippen LogP contribution in [0.15, 0.2) is 30.6 Å². The first-order chi connectivity index (χ1) is 11.5. The predicted molar refractivity (Wildman–Crippen MR) is 84.4 cm³/mol. The van der Waals surface area contributed by atoms with E-state index in [0.29, 0.717) is 31.1 Å². The summed E-state index contributed by atoms with van der Waals surface area (Å²) in [4.78, 5) is 22.8. The first kappa shape index (κ1) is 16.1. The fourth-order valence-corrected chi connectivity index (χ4v) is 2.68. The summed E-state index contributed by atoms with van der Waals surface area (Å²) in [5, 5.41) is 8.85. The highest BCUT2D eigenvalue weighted by molar-refractivity contribution is 5.84. The zero-order valence-electron chi connectivity index (χ0n) is 12.8. The van der Waals surface area contributed by atoms with E-state index in [1.54, 1.807) is 6.07 Å². The highest BCUT2D eigenvalue weighted by atomic mass is 19.2. The normalized spacial score (nSPS) is 15.2. The number of carboxylic acid groups (broad SMARTS) is 1. The first-order valence-electron chi connectivity index (χ1n) is 7.55. The minimum Gasteiger partial charge on any atom is -0.476 e. The third-order valence-electron chi connectivity index (χ3n) is 3.95. The molecule has 1 aliphatic rings. The average molecular weight is 334 g/mol. The number of hydrogen-bond donors (Lipinski definition) is 1. The van der Waals surface area contributed by atoms with Gasteiger partial charge in [-0.05, 0) is 18.6 Å². The van der Waals surface area contributed by atoms with Gasteiger partial charge in [0.05, 0.1) is 12.4 Å². The van der Waals surface area contributed by atoms with Gasteiger partial charge in [0.2, 0.25) is 0 Å². The molecular weight excluding hydrogens is 318 g/mol. The molecule has 0 aliphatic carbocycles. The van der Waals surface area contributed by atoms with E-state index in [4.69, 9.17) is 5.11 Å². The molecule has 0 radical (unpaired) electrons. The van der Waals surface area contributed by atoms with E-state index in [-0.39, 0.29) is 5.69 Å². The van der Waals surface area contributed by atoms with E-state index in [9.17, 15) is 13.6 Å². The standard InChI is InChI=1S/C16H16F2N4O2/c17-12-3-2-11(8-13(12)18)21-4-1-5-22(7-6-21)15-10-19-14(9-20-15)16(23)24/h2-3,8-10H,1,4-7H2,(H,23,24). The molecule has 6 nitrogen and oxygen atoms in total. The lowest BCUT2D eigenvalue weighted by Gasteiger charge is -2.24. The van der Waals surface area contributed by atoms with Crippen molar-refractivity contribution < 1.29 is 18.7 Å². The van der Waals surface area contributed by atoms with Crippen LogP contribution in [0.2, 0.25) is 0 Å². The Bertz CT molecular complexity index is 739. The Labute approximate surface area is 137 Å². The van der Waals surface area contributed by atoms with Gasteiger partial charge in [0.1, 0.15) is 5.82 Å². The first-order valence-corrected chi connectivity index (χ1v) is 7.55. The molecule has 2 aromatic rings. The summed E-state index contributed by atoms with van der Waals surface area (Å²) in [5.41, 5.74) is 0.542. The minimum absolute atomic E-state index is 0.100. The molecular formula is C16H16F2N4O2. The van der Waals surface area contributed by atoms with Gasteiger partial charge in [0, 0.05) is 37.9 Å². The second-order valence-electron chi connectivity index (χ2n) is 5.49. The zero-order valence-corrected chi connectivity index (χ0v) is 12.8. The van der Waals surface area contributed by atoms with Crippen molar-refractivity contribution in [2.45, 2.75) is 6.42 Å². The predicted octanol–water partition coefficient (Wildman–Crippen LogP) is 2.17. The molecule has 1 N–H and O–H groups in total. The monoisotopic (exact) mass is 334 g/mol. The molecule has 0 bridgehead atoms. The van der Waals surface area contributed by atoms with Gasteiger partial charge < -0.3 is 14.9 Å². The quantitative estimate of drug-likeness (QED) is 0.928. The SMILES string of the molecule is O=C(O)c1cnc(N2CCCN(c3ccc(F)c(F)c3)CC2)cn1. The number of aromatic nitrogens is 2. The lowest BCUT2D eigenvalue weighted by Crippen LogP contribution is -2.31. The topological polar surface area (TPSA) is 69.6 Å². The van der Waals surface area contributed by atoms with Gasteiger partial charge in [-0.3, -0.25) is 0 Å². The maximum Gasteiger partial charge on any atom is 0.356 e. The number of benzene rings is 1. The largest absolute Gasteiger partial charge is 0.476 e. The summed E-state index contributed by atoms with van der Waals surface area (Å²) >= 11 is 0. The van der Waals surface area contributed by atoms with Crippen molar-refractivity contribution in [3.63, 3.8) is 0 Å². The molecule has 0 unspecified atom stereocenters. The summed E-state index contributed by atoms with van der Waals surface area (Å²) < 4.78 is 26.5. The van der Waals surface area contributed by atoms with Crippen molar-refractivity contribution in [3.05, 3.63) is 47.9 Å². The molecule has 0 saturated carbocycles. The van der Waals surface area contributed by atoms with Crippen LogP contribution in [0.1, 0.15) is 16.9 Å².